The summed E-state index contributed by atoms with van der Waals surface area (Å²) in [5.74, 6) is -2.88. The van der Waals surface area contributed by atoms with Crippen molar-refractivity contribution >= 4 is 60.5 Å². The van der Waals surface area contributed by atoms with Crippen LogP contribution in [0.1, 0.15) is 95.9 Å². The van der Waals surface area contributed by atoms with Crippen LogP contribution in [0, 0.1) is 20.8 Å². The largest absolute Gasteiger partial charge is 0.505 e. The molecule has 2 aliphatic carbocycles. The van der Waals surface area contributed by atoms with Crippen molar-refractivity contribution < 1.29 is 45.3 Å². The lowest BCUT2D eigenvalue weighted by molar-refractivity contribution is 0.324. The lowest BCUT2D eigenvalue weighted by Crippen LogP contribution is -2.12. The van der Waals surface area contributed by atoms with Crippen LogP contribution in [0.4, 0.5) is 0 Å². The van der Waals surface area contributed by atoms with E-state index in [2.05, 4.69) is 85.5 Å². The van der Waals surface area contributed by atoms with Crippen molar-refractivity contribution in [1.82, 2.24) is 0 Å². The maximum Gasteiger partial charge on any atom is 0.201 e. The van der Waals surface area contributed by atoms with E-state index >= 15 is 0 Å². The van der Waals surface area contributed by atoms with Crippen molar-refractivity contribution in [2.75, 3.05) is 6.61 Å². The minimum atomic E-state index is -0.705. The molecule has 0 aliphatic heterocycles. The van der Waals surface area contributed by atoms with E-state index in [1.807, 2.05) is 51.1 Å². The van der Waals surface area contributed by atoms with Gasteiger partial charge in [-0.15, -0.1) is 0 Å². The highest BCUT2D eigenvalue weighted by Gasteiger charge is 2.30. The first kappa shape index (κ1) is 49.5. The number of aromatic hydroxyl groups is 5. The first-order chi connectivity index (χ1) is 36.6. The van der Waals surface area contributed by atoms with Crippen molar-refractivity contribution in [1.29, 1.82) is 0 Å². The van der Waals surface area contributed by atoms with E-state index in [1.165, 1.54) is 40.3 Å². The zero-order valence-corrected chi connectivity index (χ0v) is 43.5. The molecule has 382 valence electrons. The van der Waals surface area contributed by atoms with Gasteiger partial charge in [-0.05, 0) is 203 Å². The number of phenols is 5. The number of allylic oxidation sites excluding steroid dienone is 4. The topological polar surface area (TPSA) is 175 Å². The maximum atomic E-state index is 11.7. The zero-order valence-electron chi connectivity index (χ0n) is 43.5. The summed E-state index contributed by atoms with van der Waals surface area (Å²) in [7, 11) is 0. The van der Waals surface area contributed by atoms with Gasteiger partial charge >= 0.3 is 0 Å². The number of fused-ring (bicyclic) bond motifs is 7. The molecule has 0 unspecified atom stereocenters. The summed E-state index contributed by atoms with van der Waals surface area (Å²) in [6.45, 7) is 14.1. The number of hydrogen-bond acceptors (Lipinski definition) is 9. The van der Waals surface area contributed by atoms with Gasteiger partial charge in [-0.1, -0.05) is 97.6 Å². The predicted molar refractivity (Wildman–Crippen MR) is 308 cm³/mol. The van der Waals surface area contributed by atoms with Gasteiger partial charge in [0.25, 0.3) is 0 Å². The number of aliphatic hydroxyl groups excluding tert-OH is 3. The summed E-state index contributed by atoms with van der Waals surface area (Å²) in [4.78, 5) is 0. The fourth-order valence-corrected chi connectivity index (χ4v) is 12.5. The number of aryl methyl sites for hydroxylation is 3. The first-order valence-electron chi connectivity index (χ1n) is 25.9. The Bertz CT molecular complexity index is 4120. The Morgan fingerprint density at radius 2 is 1.30 bits per heavy atom. The molecule has 0 amide bonds. The van der Waals surface area contributed by atoms with Crippen LogP contribution < -0.4 is 0 Å². The molecule has 9 heteroatoms. The van der Waals surface area contributed by atoms with Gasteiger partial charge in [-0.25, -0.2) is 0 Å². The fourth-order valence-electron chi connectivity index (χ4n) is 12.5. The predicted octanol–water partition coefficient (Wildman–Crippen LogP) is 16.3. The average Bonchev–Trinajstić information content (AvgIpc) is 3.81. The van der Waals surface area contributed by atoms with Crippen LogP contribution in [0.25, 0.3) is 93.9 Å². The summed E-state index contributed by atoms with van der Waals surface area (Å²) in [6, 6.07) is 31.7. The normalized spacial score (nSPS) is 14.3. The second kappa shape index (κ2) is 18.9. The molecule has 2 aliphatic rings. The molecule has 0 saturated heterocycles. The minimum absolute atomic E-state index is 0.0418. The third kappa shape index (κ3) is 7.54. The summed E-state index contributed by atoms with van der Waals surface area (Å²) in [5.41, 5.74) is 17.0. The van der Waals surface area contributed by atoms with Crippen LogP contribution in [0.2, 0.25) is 0 Å². The third-order valence-electron chi connectivity index (χ3n) is 16.4. The quantitative estimate of drug-likeness (QED) is 0.0398. The molecule has 0 saturated carbocycles. The number of benzene rings is 8. The van der Waals surface area contributed by atoms with E-state index in [0.717, 1.165) is 99.0 Å². The molecule has 9 aromatic rings. The van der Waals surface area contributed by atoms with Crippen molar-refractivity contribution in [3.8, 4) is 62.1 Å². The molecule has 0 atom stereocenters. The van der Waals surface area contributed by atoms with Gasteiger partial charge < -0.3 is 45.3 Å². The molecule has 9 nitrogen and oxygen atoms in total. The molecule has 8 N–H and O–H groups in total. The van der Waals surface area contributed by atoms with Gasteiger partial charge in [-0.2, -0.15) is 0 Å². The van der Waals surface area contributed by atoms with Crippen LogP contribution in [0.5, 0.6) is 28.7 Å². The van der Waals surface area contributed by atoms with Gasteiger partial charge in [0, 0.05) is 38.4 Å². The second-order valence-electron chi connectivity index (χ2n) is 20.5. The van der Waals surface area contributed by atoms with Crippen molar-refractivity contribution in [2.45, 2.75) is 80.1 Å². The number of phenolic OH excluding ortho intramolecular Hbond substituents is 5. The minimum Gasteiger partial charge on any atom is -0.505 e. The molecule has 76 heavy (non-hydrogen) atoms. The molecule has 8 aromatic carbocycles. The Kier molecular flexibility index (Phi) is 12.3. The molecular weight excluding hydrogens is 949 g/mol. The lowest BCUT2D eigenvalue weighted by Gasteiger charge is -2.28. The van der Waals surface area contributed by atoms with Gasteiger partial charge in [0.05, 0.1) is 6.61 Å². The van der Waals surface area contributed by atoms with Crippen LogP contribution in [0.3, 0.4) is 0 Å². The highest BCUT2D eigenvalue weighted by molar-refractivity contribution is 6.11. The molecule has 1 heterocycles. The van der Waals surface area contributed by atoms with Crippen molar-refractivity contribution in [2.24, 2.45) is 0 Å². The Balaban J connectivity index is 1.02. The molecule has 11 rings (SSSR count). The van der Waals surface area contributed by atoms with E-state index in [4.69, 9.17) is 4.42 Å². The maximum absolute atomic E-state index is 11.7. The number of furan rings is 1. The molecule has 0 fully saturated rings. The van der Waals surface area contributed by atoms with Crippen LogP contribution in [0.15, 0.2) is 137 Å². The first-order valence-corrected chi connectivity index (χ1v) is 25.9. The van der Waals surface area contributed by atoms with Gasteiger partial charge in [0.15, 0.2) is 28.8 Å². The van der Waals surface area contributed by atoms with Gasteiger partial charge in [0.2, 0.25) is 5.75 Å². The number of hydrogen-bond donors (Lipinski definition) is 8. The third-order valence-corrected chi connectivity index (χ3v) is 16.4. The smallest absolute Gasteiger partial charge is 0.201 e. The van der Waals surface area contributed by atoms with Crippen molar-refractivity contribution in [3.63, 3.8) is 0 Å². The lowest BCUT2D eigenvalue weighted by atomic mass is 9.76. The summed E-state index contributed by atoms with van der Waals surface area (Å²) < 4.78 is 6.73. The monoisotopic (exact) mass is 1010 g/mol. The SMILES string of the molecule is C=C(O)/C(O)=C(C)\C(C)=C(/CO)c1c2c(c(-c3ccc(-c4cc5cc(/C(=C/C)c6oc7cccc(-c8c(O)c(O)c9c(C)c(O)c(O)c(O)c9c8C)c7c6C)ccc5c5c4CCC=C5)cc3)c3ccccc13)CCCC2. The molecule has 0 spiro atoms. The summed E-state index contributed by atoms with van der Waals surface area (Å²) in [5, 5.41) is 92.4. The standard InChI is InChI=1S/C67H60O9/c1-8-43(67-37(6)55-51(22-15-23-54(55)76-67)56-35(4)57-58(64(73)63(56)72)36(5)62(71)66(75)65(57)74)41-28-29-44-42(30-41)31-52(46-17-10-9-16-45(44)46)39-24-26-40(27-25-39)59-47-18-11-13-20-49(47)60(50-21-14-12-19-48(50)59)53(32-68)33(2)34(3)61(70)38(7)69/h8-9,11,13,15-16,18,20,22-31,68-75H,7,10,12,14,17,19,21,32H2,1-6H3/b43-8-,53-33+,61-34+. The van der Waals surface area contributed by atoms with Gasteiger partial charge in [-0.3, -0.25) is 0 Å². The Morgan fingerprint density at radius 3 is 2.01 bits per heavy atom. The molecular formula is C67H60O9. The van der Waals surface area contributed by atoms with Crippen molar-refractivity contribution in [3.05, 3.63) is 188 Å². The highest BCUT2D eigenvalue weighted by Crippen LogP contribution is 2.56. The van der Waals surface area contributed by atoms with E-state index < -0.39 is 34.5 Å². The van der Waals surface area contributed by atoms with Crippen LogP contribution in [-0.4, -0.2) is 47.5 Å². The van der Waals surface area contributed by atoms with E-state index in [1.54, 1.807) is 13.8 Å². The summed E-state index contributed by atoms with van der Waals surface area (Å²) >= 11 is 0. The molecule has 1 aromatic heterocycles. The Labute approximate surface area is 440 Å². The average molecular weight is 1010 g/mol. The van der Waals surface area contributed by atoms with Gasteiger partial charge in [0.1, 0.15) is 17.1 Å². The number of rotatable bonds is 9. The van der Waals surface area contributed by atoms with E-state index in [9.17, 15) is 40.9 Å². The Hall–Kier alpha value is -8.66. The van der Waals surface area contributed by atoms with Crippen LogP contribution in [-0.2, 0) is 19.3 Å². The fraction of sp³-hybridized carbons (Fsp3) is 0.194. The highest BCUT2D eigenvalue weighted by atomic mass is 16.3. The van der Waals surface area contributed by atoms with Crippen LogP contribution >= 0.6 is 0 Å². The molecule has 0 bridgehead atoms. The van der Waals surface area contributed by atoms with E-state index in [0.29, 0.717) is 39.0 Å². The zero-order chi connectivity index (χ0) is 53.6. The second-order valence-corrected chi connectivity index (χ2v) is 20.5. The van der Waals surface area contributed by atoms with E-state index in [-0.39, 0.29) is 34.3 Å². The number of aliphatic hydroxyl groups is 3. The Morgan fingerprint density at radius 1 is 0.618 bits per heavy atom. The summed E-state index contributed by atoms with van der Waals surface area (Å²) in [6.07, 6.45) is 12.2. The molecule has 0 radical (unpaired) electrons.